The van der Waals surface area contributed by atoms with Crippen LogP contribution in [0.4, 0.5) is 8.78 Å². The van der Waals surface area contributed by atoms with Gasteiger partial charge in [0.1, 0.15) is 39.4 Å². The van der Waals surface area contributed by atoms with E-state index in [2.05, 4.69) is 72.3 Å². The first-order valence-electron chi connectivity index (χ1n) is 10.9. The van der Waals surface area contributed by atoms with Crippen LogP contribution in [0.3, 0.4) is 0 Å². The second-order valence-electron chi connectivity index (χ2n) is 8.52. The number of rotatable bonds is 6. The minimum absolute atomic E-state index is 0.202. The van der Waals surface area contributed by atoms with E-state index in [1.165, 1.54) is 6.20 Å². The molecule has 0 amide bonds. The number of aliphatic hydroxyl groups is 1. The number of nitrogens with zero attached hydrogens (tertiary/aromatic N) is 3. The molecule has 1 aromatic carbocycles. The topological polar surface area (TPSA) is 60.2 Å². The van der Waals surface area contributed by atoms with Crippen molar-refractivity contribution in [1.82, 2.24) is 14.5 Å². The Balaban J connectivity index is 1.75. The number of imidazole rings is 1. The van der Waals surface area contributed by atoms with Crippen LogP contribution in [0.5, 0.6) is 5.75 Å². The van der Waals surface area contributed by atoms with Gasteiger partial charge in [-0.25, -0.2) is 13.8 Å². The smallest absolute Gasteiger partial charge is 0.174 e. The van der Waals surface area contributed by atoms with E-state index < -0.39 is 38.6 Å². The molecule has 1 N–H and O–H groups in total. The number of halogens is 2. The zero-order chi connectivity index (χ0) is 29.7. The Morgan fingerprint density at radius 3 is 2.15 bits per heavy atom. The molecule has 0 spiro atoms. The molecule has 17 heteroatoms. The first-order chi connectivity index (χ1) is 18.5. The quantitative estimate of drug-likeness (QED) is 0.0955. The van der Waals surface area contributed by atoms with Gasteiger partial charge in [-0.15, -0.1) is 0 Å². The lowest BCUT2D eigenvalue weighted by atomic mass is 10.2. The average molecular weight is 730 g/mol. The third kappa shape index (κ3) is 5.28. The van der Waals surface area contributed by atoms with Gasteiger partial charge in [0.05, 0.1) is 29.3 Å². The van der Waals surface area contributed by atoms with Crippen molar-refractivity contribution in [1.29, 1.82) is 0 Å². The molecule has 0 saturated heterocycles. The first kappa shape index (κ1) is 33.2. The number of thiol groups is 9. The van der Waals surface area contributed by atoms with Crippen molar-refractivity contribution in [2.75, 3.05) is 6.61 Å². The van der Waals surface area contributed by atoms with Gasteiger partial charge in [0.15, 0.2) is 16.7 Å². The minimum atomic E-state index is -1.41. The summed E-state index contributed by atoms with van der Waals surface area (Å²) in [6, 6.07) is 5.30. The molecule has 0 atom stereocenters. The fraction of sp³-hybridized carbons (Fsp3) is 0.304. The SMILES string of the molecule is OCC#Cc1cc(F)c(OCc2cnc(SC3(S)C(S)(S)C(S)(S)C(S)(S)C3(S)S)n2-c2cccnc2)cc1F. The monoisotopic (exact) mass is 729 g/mol. The number of pyridine rings is 1. The molecule has 1 aliphatic rings. The van der Waals surface area contributed by atoms with Crippen molar-refractivity contribution in [2.45, 2.75) is 32.2 Å². The van der Waals surface area contributed by atoms with Crippen LogP contribution in [-0.2, 0) is 6.61 Å². The fourth-order valence-electron chi connectivity index (χ4n) is 3.80. The molecular weight excluding hydrogens is 709 g/mol. The minimum Gasteiger partial charge on any atom is -0.484 e. The molecular formula is C23H21F2N3O2S10. The van der Waals surface area contributed by atoms with E-state index >= 15 is 0 Å². The predicted molar refractivity (Wildman–Crippen MR) is 186 cm³/mol. The molecule has 0 unspecified atom stereocenters. The van der Waals surface area contributed by atoms with Crippen LogP contribution in [0, 0.1) is 23.5 Å². The standard InChI is InChI=1S/C23H21F2N3O2S10/c24-15-8-17(16(25)7-12(15)3-2-6-29)30-11-14-10-27-18(28(14)13-4-1-5-26-9-13)40-23(39)21(35,36)19(31,32)20(33,34)22(23,37)38/h1,4-5,7-10,29,31-39H,6,11H2. The number of aliphatic hydroxyl groups excluding tert-OH is 1. The Hall–Kier alpha value is 0.260. The second-order valence-corrected chi connectivity index (χ2v) is 17.5. The maximum absolute atomic E-state index is 14.7. The lowest BCUT2D eigenvalue weighted by molar-refractivity contribution is 0.281. The van der Waals surface area contributed by atoms with Crippen LogP contribution in [0.15, 0.2) is 48.0 Å². The van der Waals surface area contributed by atoms with Crippen molar-refractivity contribution in [3.8, 4) is 23.3 Å². The molecule has 2 heterocycles. The van der Waals surface area contributed by atoms with Gasteiger partial charge in [-0.2, -0.15) is 114 Å². The summed E-state index contributed by atoms with van der Waals surface area (Å²) in [5.41, 5.74) is 0.857. The third-order valence-electron chi connectivity index (χ3n) is 6.05. The highest BCUT2D eigenvalue weighted by molar-refractivity contribution is 8.21. The lowest BCUT2D eigenvalue weighted by Crippen LogP contribution is -2.49. The van der Waals surface area contributed by atoms with E-state index in [4.69, 9.17) is 73.0 Å². The number of aromatic nitrogens is 3. The Morgan fingerprint density at radius 1 is 0.925 bits per heavy atom. The van der Waals surface area contributed by atoms with Gasteiger partial charge in [-0.05, 0) is 18.2 Å². The number of hydrogen-bond donors (Lipinski definition) is 10. The molecule has 40 heavy (non-hydrogen) atoms. The maximum atomic E-state index is 14.7. The maximum Gasteiger partial charge on any atom is 0.174 e. The molecule has 1 saturated carbocycles. The van der Waals surface area contributed by atoms with E-state index in [0.29, 0.717) is 16.5 Å². The molecule has 214 valence electrons. The first-order valence-corrected chi connectivity index (χ1v) is 15.8. The van der Waals surface area contributed by atoms with Crippen LogP contribution in [0.25, 0.3) is 5.69 Å². The number of hydrogen-bond acceptors (Lipinski definition) is 14. The highest BCUT2D eigenvalue weighted by Gasteiger charge is 2.81. The highest BCUT2D eigenvalue weighted by Crippen LogP contribution is 2.78. The van der Waals surface area contributed by atoms with Gasteiger partial charge in [0, 0.05) is 12.3 Å². The van der Waals surface area contributed by atoms with Crippen molar-refractivity contribution in [3.05, 3.63) is 65.7 Å². The lowest BCUT2D eigenvalue weighted by Gasteiger charge is -2.43. The molecule has 1 fully saturated rings. The van der Waals surface area contributed by atoms with E-state index in [-0.39, 0.29) is 17.9 Å². The normalized spacial score (nSPS) is 19.6. The van der Waals surface area contributed by atoms with E-state index in [1.807, 2.05) is 0 Å². The molecule has 2 aromatic heterocycles. The van der Waals surface area contributed by atoms with Crippen LogP contribution in [0.2, 0.25) is 0 Å². The summed E-state index contributed by atoms with van der Waals surface area (Å²) < 4.78 is 29.6. The summed E-state index contributed by atoms with van der Waals surface area (Å²) in [5.74, 6) is 2.68. The Labute approximate surface area is 283 Å². The fourth-order valence-corrected chi connectivity index (χ4v) is 10.6. The van der Waals surface area contributed by atoms with Gasteiger partial charge < -0.3 is 9.84 Å². The van der Waals surface area contributed by atoms with Crippen molar-refractivity contribution in [3.63, 3.8) is 0 Å². The van der Waals surface area contributed by atoms with Gasteiger partial charge in [-0.1, -0.05) is 23.6 Å². The van der Waals surface area contributed by atoms with Crippen LogP contribution in [0.1, 0.15) is 11.3 Å². The summed E-state index contributed by atoms with van der Waals surface area (Å²) in [6.07, 6.45) is 4.71. The molecule has 0 aliphatic heterocycles. The summed E-state index contributed by atoms with van der Waals surface area (Å²) in [6.45, 7) is -0.688. The summed E-state index contributed by atoms with van der Waals surface area (Å²) >= 11 is 43.9. The Kier molecular flexibility index (Phi) is 9.93. The number of ether oxygens (including phenoxy) is 1. The molecule has 5 nitrogen and oxygen atoms in total. The van der Waals surface area contributed by atoms with Crippen molar-refractivity contribution < 1.29 is 18.6 Å². The van der Waals surface area contributed by atoms with Gasteiger partial charge in [-0.3, -0.25) is 9.55 Å². The zero-order valence-corrected chi connectivity index (χ0v) is 28.7. The second kappa shape index (κ2) is 12.0. The predicted octanol–water partition coefficient (Wildman–Crippen LogP) is 5.42. The van der Waals surface area contributed by atoms with Crippen LogP contribution >= 0.6 is 125 Å². The van der Waals surface area contributed by atoms with Gasteiger partial charge >= 0.3 is 0 Å². The van der Waals surface area contributed by atoms with Gasteiger partial charge in [0.25, 0.3) is 0 Å². The number of thioether (sulfide) groups is 1. The van der Waals surface area contributed by atoms with Crippen LogP contribution < -0.4 is 4.74 Å². The summed E-state index contributed by atoms with van der Waals surface area (Å²) in [7, 11) is 0. The van der Waals surface area contributed by atoms with E-state index in [9.17, 15) is 8.78 Å². The Morgan fingerprint density at radius 2 is 1.57 bits per heavy atom. The van der Waals surface area contributed by atoms with Crippen LogP contribution in [-0.4, -0.2) is 46.6 Å². The van der Waals surface area contributed by atoms with Crippen molar-refractivity contribution >= 4 is 125 Å². The summed E-state index contributed by atoms with van der Waals surface area (Å²) in [4.78, 5) is 8.74. The largest absolute Gasteiger partial charge is 0.484 e. The highest BCUT2D eigenvalue weighted by atomic mass is 32.2. The van der Waals surface area contributed by atoms with Crippen molar-refractivity contribution in [2.24, 2.45) is 0 Å². The molecule has 4 rings (SSSR count). The summed E-state index contributed by atoms with van der Waals surface area (Å²) in [5, 5.41) is 9.20. The molecule has 0 radical (unpaired) electrons. The molecule has 3 aromatic rings. The molecule has 0 bridgehead atoms. The van der Waals surface area contributed by atoms with Gasteiger partial charge in [0.2, 0.25) is 0 Å². The average Bonchev–Trinajstić information content (AvgIpc) is 3.31. The number of benzene rings is 1. The van der Waals surface area contributed by atoms with E-state index in [0.717, 1.165) is 23.9 Å². The Bertz CT molecular complexity index is 1460. The third-order valence-corrected chi connectivity index (χ3v) is 17.2. The molecule has 1 aliphatic carbocycles. The van der Waals surface area contributed by atoms with E-state index in [1.54, 1.807) is 29.1 Å². The zero-order valence-electron chi connectivity index (χ0n) is 19.8.